The van der Waals surface area contributed by atoms with Crippen LogP contribution in [-0.4, -0.2) is 50.2 Å². The summed E-state index contributed by atoms with van der Waals surface area (Å²) in [4.78, 5) is 17.0. The molecule has 1 saturated heterocycles. The number of carbonyl (C=O) groups is 1. The number of hydrogen-bond acceptors (Lipinski definition) is 4. The summed E-state index contributed by atoms with van der Waals surface area (Å²) in [5.74, 6) is 1.62. The number of ether oxygens (including phenoxy) is 2. The molecule has 5 nitrogen and oxygen atoms in total. The fourth-order valence-corrected chi connectivity index (χ4v) is 3.52. The fraction of sp³-hybridized carbons (Fsp3) is 0.458. The van der Waals surface area contributed by atoms with Crippen LogP contribution < -0.4 is 14.4 Å². The summed E-state index contributed by atoms with van der Waals surface area (Å²) in [7, 11) is 1.67. The second-order valence-corrected chi connectivity index (χ2v) is 8.54. The molecular formula is C24H32N2O3. The van der Waals surface area contributed by atoms with E-state index in [0.29, 0.717) is 13.1 Å². The Kier molecular flexibility index (Phi) is 6.36. The number of anilines is 1. The molecular weight excluding hydrogens is 364 g/mol. The van der Waals surface area contributed by atoms with Crippen LogP contribution in [0.5, 0.6) is 11.5 Å². The summed E-state index contributed by atoms with van der Waals surface area (Å²) in [5, 5.41) is 0. The minimum absolute atomic E-state index is 0.0410. The van der Waals surface area contributed by atoms with Gasteiger partial charge in [-0.25, -0.2) is 0 Å². The van der Waals surface area contributed by atoms with Crippen LogP contribution in [-0.2, 0) is 10.2 Å². The molecule has 0 bridgehead atoms. The van der Waals surface area contributed by atoms with E-state index in [1.165, 1.54) is 5.56 Å². The Morgan fingerprint density at radius 3 is 1.97 bits per heavy atom. The molecule has 1 atom stereocenters. The van der Waals surface area contributed by atoms with Crippen LogP contribution in [0.25, 0.3) is 0 Å². The SMILES string of the molecule is COc1ccc(N2CCN(C(=O)[C@@H](C)Oc3ccc(C(C)(C)C)cc3)CC2)cc1. The first-order valence-electron chi connectivity index (χ1n) is 10.2. The van der Waals surface area contributed by atoms with Crippen LogP contribution in [0.2, 0.25) is 0 Å². The van der Waals surface area contributed by atoms with E-state index < -0.39 is 6.10 Å². The fourth-order valence-electron chi connectivity index (χ4n) is 3.52. The van der Waals surface area contributed by atoms with Gasteiger partial charge in [0, 0.05) is 31.9 Å². The molecule has 1 amide bonds. The third kappa shape index (κ3) is 5.22. The Labute approximate surface area is 174 Å². The maximum atomic E-state index is 12.8. The molecule has 1 heterocycles. The van der Waals surface area contributed by atoms with Gasteiger partial charge >= 0.3 is 0 Å². The van der Waals surface area contributed by atoms with Gasteiger partial charge in [0.05, 0.1) is 7.11 Å². The molecule has 3 rings (SSSR count). The van der Waals surface area contributed by atoms with Gasteiger partial charge in [-0.3, -0.25) is 4.79 Å². The highest BCUT2D eigenvalue weighted by molar-refractivity contribution is 5.81. The first-order valence-corrected chi connectivity index (χ1v) is 10.2. The second kappa shape index (κ2) is 8.76. The average Bonchev–Trinajstić information content (AvgIpc) is 2.73. The van der Waals surface area contributed by atoms with Crippen LogP contribution in [0, 0.1) is 0 Å². The standard InChI is InChI=1S/C24H32N2O3/c1-18(29-22-10-6-19(7-11-22)24(2,3)4)23(27)26-16-14-25(15-17-26)20-8-12-21(28-5)13-9-20/h6-13,18H,14-17H2,1-5H3/t18-/m1/s1. The molecule has 2 aromatic carbocycles. The Morgan fingerprint density at radius 1 is 0.897 bits per heavy atom. The molecule has 0 radical (unpaired) electrons. The van der Waals surface area contributed by atoms with E-state index >= 15 is 0 Å². The third-order valence-corrected chi connectivity index (χ3v) is 5.41. The summed E-state index contributed by atoms with van der Waals surface area (Å²) in [6, 6.07) is 16.1. The molecule has 29 heavy (non-hydrogen) atoms. The van der Waals surface area contributed by atoms with Crippen molar-refractivity contribution in [2.45, 2.75) is 39.2 Å². The molecule has 5 heteroatoms. The quantitative estimate of drug-likeness (QED) is 0.763. The first kappa shape index (κ1) is 21.0. The van der Waals surface area contributed by atoms with Gasteiger partial charge in [-0.1, -0.05) is 32.9 Å². The molecule has 0 unspecified atom stereocenters. The molecule has 0 saturated carbocycles. The number of rotatable bonds is 5. The molecule has 2 aromatic rings. The number of amides is 1. The van der Waals surface area contributed by atoms with Crippen molar-refractivity contribution < 1.29 is 14.3 Å². The van der Waals surface area contributed by atoms with Crippen molar-refractivity contribution in [3.8, 4) is 11.5 Å². The van der Waals surface area contributed by atoms with Crippen LogP contribution in [0.15, 0.2) is 48.5 Å². The van der Waals surface area contributed by atoms with Crippen LogP contribution in [0.3, 0.4) is 0 Å². The highest BCUT2D eigenvalue weighted by atomic mass is 16.5. The van der Waals surface area contributed by atoms with Gasteiger partial charge < -0.3 is 19.3 Å². The van der Waals surface area contributed by atoms with Gasteiger partial charge in [0.15, 0.2) is 6.10 Å². The number of benzene rings is 2. The zero-order valence-electron chi connectivity index (χ0n) is 18.1. The van der Waals surface area contributed by atoms with Crippen molar-refractivity contribution in [3.05, 3.63) is 54.1 Å². The lowest BCUT2D eigenvalue weighted by atomic mass is 9.87. The van der Waals surface area contributed by atoms with Crippen molar-refractivity contribution >= 4 is 11.6 Å². The zero-order valence-corrected chi connectivity index (χ0v) is 18.1. The zero-order chi connectivity index (χ0) is 21.0. The van der Waals surface area contributed by atoms with E-state index in [4.69, 9.17) is 9.47 Å². The highest BCUT2D eigenvalue weighted by Gasteiger charge is 2.26. The molecule has 156 valence electrons. The lowest BCUT2D eigenvalue weighted by Crippen LogP contribution is -2.52. The Hall–Kier alpha value is -2.69. The number of methoxy groups -OCH3 is 1. The second-order valence-electron chi connectivity index (χ2n) is 8.54. The van der Waals surface area contributed by atoms with Gasteiger partial charge in [0.25, 0.3) is 5.91 Å². The lowest BCUT2D eigenvalue weighted by molar-refractivity contribution is -0.138. The predicted octanol–water partition coefficient (Wildman–Crippen LogP) is 4.11. The lowest BCUT2D eigenvalue weighted by Gasteiger charge is -2.37. The Morgan fingerprint density at radius 2 is 1.45 bits per heavy atom. The van der Waals surface area contributed by atoms with Gasteiger partial charge in [-0.15, -0.1) is 0 Å². The third-order valence-electron chi connectivity index (χ3n) is 5.41. The molecule has 0 N–H and O–H groups in total. The topological polar surface area (TPSA) is 42.0 Å². The van der Waals surface area contributed by atoms with E-state index in [2.05, 4.69) is 49.9 Å². The van der Waals surface area contributed by atoms with Gasteiger partial charge in [-0.05, 0) is 54.3 Å². The largest absolute Gasteiger partial charge is 0.497 e. The molecule has 0 aromatic heterocycles. The summed E-state index contributed by atoms with van der Waals surface area (Å²) < 4.78 is 11.1. The van der Waals surface area contributed by atoms with E-state index in [1.807, 2.05) is 36.1 Å². The van der Waals surface area contributed by atoms with Crippen LogP contribution in [0.1, 0.15) is 33.3 Å². The minimum atomic E-state index is -0.497. The average molecular weight is 397 g/mol. The first-order chi connectivity index (χ1) is 13.8. The summed E-state index contributed by atoms with van der Waals surface area (Å²) in [6.45, 7) is 11.4. The predicted molar refractivity (Wildman–Crippen MR) is 117 cm³/mol. The van der Waals surface area contributed by atoms with Crippen molar-refractivity contribution in [2.75, 3.05) is 38.2 Å². The Balaban J connectivity index is 1.53. The van der Waals surface area contributed by atoms with Gasteiger partial charge in [-0.2, -0.15) is 0 Å². The smallest absolute Gasteiger partial charge is 0.263 e. The number of piperazine rings is 1. The maximum Gasteiger partial charge on any atom is 0.263 e. The molecule has 1 aliphatic rings. The molecule has 1 aliphatic heterocycles. The number of hydrogen-bond donors (Lipinski definition) is 0. The van der Waals surface area contributed by atoms with E-state index in [-0.39, 0.29) is 11.3 Å². The number of nitrogens with zero attached hydrogens (tertiary/aromatic N) is 2. The molecule has 0 aliphatic carbocycles. The molecule has 1 fully saturated rings. The number of carbonyl (C=O) groups excluding carboxylic acids is 1. The summed E-state index contributed by atoms with van der Waals surface area (Å²) in [6.07, 6.45) is -0.497. The van der Waals surface area contributed by atoms with Crippen LogP contribution in [0.4, 0.5) is 5.69 Å². The van der Waals surface area contributed by atoms with Crippen molar-refractivity contribution in [2.24, 2.45) is 0 Å². The van der Waals surface area contributed by atoms with E-state index in [0.717, 1.165) is 30.3 Å². The van der Waals surface area contributed by atoms with Gasteiger partial charge in [0.2, 0.25) is 0 Å². The van der Waals surface area contributed by atoms with Crippen molar-refractivity contribution in [3.63, 3.8) is 0 Å². The van der Waals surface area contributed by atoms with Gasteiger partial charge in [0.1, 0.15) is 11.5 Å². The minimum Gasteiger partial charge on any atom is -0.497 e. The summed E-state index contributed by atoms with van der Waals surface area (Å²) in [5.41, 5.74) is 2.50. The summed E-state index contributed by atoms with van der Waals surface area (Å²) >= 11 is 0. The van der Waals surface area contributed by atoms with E-state index in [9.17, 15) is 4.79 Å². The van der Waals surface area contributed by atoms with Crippen molar-refractivity contribution in [1.29, 1.82) is 0 Å². The maximum absolute atomic E-state index is 12.8. The Bertz CT molecular complexity index is 802. The van der Waals surface area contributed by atoms with E-state index in [1.54, 1.807) is 7.11 Å². The highest BCUT2D eigenvalue weighted by Crippen LogP contribution is 2.25. The normalized spacial score (nSPS) is 15.8. The van der Waals surface area contributed by atoms with Crippen molar-refractivity contribution in [1.82, 2.24) is 4.90 Å². The van der Waals surface area contributed by atoms with Crippen LogP contribution >= 0.6 is 0 Å². The molecule has 0 spiro atoms. The monoisotopic (exact) mass is 396 g/mol.